The van der Waals surface area contributed by atoms with Crippen LogP contribution in [0.1, 0.15) is 42.6 Å². The van der Waals surface area contributed by atoms with Gasteiger partial charge in [-0.3, -0.25) is 14.3 Å². The molecule has 6 heteroatoms. The molecule has 1 amide bonds. The molecule has 1 atom stereocenters. The van der Waals surface area contributed by atoms with Crippen molar-refractivity contribution in [2.24, 2.45) is 18.4 Å². The number of carboxylic acid groups (broad SMARTS) is 1. The monoisotopic (exact) mass is 319 g/mol. The van der Waals surface area contributed by atoms with Crippen LogP contribution in [0.25, 0.3) is 0 Å². The van der Waals surface area contributed by atoms with E-state index in [9.17, 15) is 9.59 Å². The number of aliphatic carboxylic acids is 1. The molecule has 0 aromatic carbocycles. The van der Waals surface area contributed by atoms with Gasteiger partial charge >= 0.3 is 5.97 Å². The molecule has 1 saturated heterocycles. The first-order valence-corrected chi connectivity index (χ1v) is 8.34. The lowest BCUT2D eigenvalue weighted by Gasteiger charge is -2.32. The fourth-order valence-electron chi connectivity index (χ4n) is 4.02. The molecule has 1 aliphatic heterocycles. The first-order valence-electron chi connectivity index (χ1n) is 8.34. The van der Waals surface area contributed by atoms with E-state index in [0.29, 0.717) is 19.5 Å². The standard InChI is InChI=1S/C17H25N3O3/c1-11-13(12(2)19(3)18-11)4-5-15(21)20-8-6-17(7-9-20)10-14(17)16(22)23/h14H,4-10H2,1-3H3,(H,22,23). The largest absolute Gasteiger partial charge is 0.481 e. The fourth-order valence-corrected chi connectivity index (χ4v) is 4.02. The van der Waals surface area contributed by atoms with Crippen LogP contribution in [-0.2, 0) is 23.1 Å². The quantitative estimate of drug-likeness (QED) is 0.916. The Morgan fingerprint density at radius 1 is 1.30 bits per heavy atom. The van der Waals surface area contributed by atoms with Gasteiger partial charge in [-0.25, -0.2) is 0 Å². The Bertz CT molecular complexity index is 642. The van der Waals surface area contributed by atoms with E-state index < -0.39 is 5.97 Å². The fraction of sp³-hybridized carbons (Fsp3) is 0.706. The summed E-state index contributed by atoms with van der Waals surface area (Å²) >= 11 is 0. The van der Waals surface area contributed by atoms with Crippen molar-refractivity contribution in [3.8, 4) is 0 Å². The zero-order valence-electron chi connectivity index (χ0n) is 14.1. The van der Waals surface area contributed by atoms with Gasteiger partial charge in [0.15, 0.2) is 0 Å². The maximum absolute atomic E-state index is 12.4. The summed E-state index contributed by atoms with van der Waals surface area (Å²) in [6, 6.07) is 0. The van der Waals surface area contributed by atoms with E-state index in [1.54, 1.807) is 0 Å². The summed E-state index contributed by atoms with van der Waals surface area (Å²) in [6.07, 6.45) is 3.69. The summed E-state index contributed by atoms with van der Waals surface area (Å²) in [5.74, 6) is -0.678. The Morgan fingerprint density at radius 2 is 1.96 bits per heavy atom. The van der Waals surface area contributed by atoms with Crippen molar-refractivity contribution < 1.29 is 14.7 Å². The smallest absolute Gasteiger partial charge is 0.307 e. The van der Waals surface area contributed by atoms with Crippen molar-refractivity contribution in [1.82, 2.24) is 14.7 Å². The summed E-state index contributed by atoms with van der Waals surface area (Å²) in [6.45, 7) is 5.42. The number of carboxylic acids is 1. The zero-order valence-corrected chi connectivity index (χ0v) is 14.1. The Morgan fingerprint density at radius 3 is 2.43 bits per heavy atom. The Kier molecular flexibility index (Phi) is 3.94. The number of aromatic nitrogens is 2. The van der Waals surface area contributed by atoms with Crippen molar-refractivity contribution in [3.63, 3.8) is 0 Å². The third-order valence-electron chi connectivity index (χ3n) is 5.85. The SMILES string of the molecule is Cc1nn(C)c(C)c1CCC(=O)N1CCC2(CC1)CC2C(=O)O. The number of nitrogens with zero attached hydrogens (tertiary/aromatic N) is 3. The third kappa shape index (κ3) is 2.86. The van der Waals surface area contributed by atoms with E-state index in [1.165, 1.54) is 5.56 Å². The molecule has 126 valence electrons. The predicted octanol–water partition coefficient (Wildman–Crippen LogP) is 1.68. The van der Waals surface area contributed by atoms with E-state index in [0.717, 1.165) is 37.1 Å². The number of likely N-dealkylation sites (tertiary alicyclic amines) is 1. The van der Waals surface area contributed by atoms with Crippen LogP contribution in [0.3, 0.4) is 0 Å². The molecule has 1 spiro atoms. The second-order valence-corrected chi connectivity index (χ2v) is 7.11. The van der Waals surface area contributed by atoms with E-state index in [1.807, 2.05) is 30.5 Å². The average Bonchev–Trinajstić information content (AvgIpc) is 3.15. The van der Waals surface area contributed by atoms with Crippen molar-refractivity contribution in [1.29, 1.82) is 0 Å². The zero-order chi connectivity index (χ0) is 16.8. The van der Waals surface area contributed by atoms with Crippen LogP contribution in [0.4, 0.5) is 0 Å². The molecule has 3 rings (SSSR count). The molecular formula is C17H25N3O3. The van der Waals surface area contributed by atoms with Gasteiger partial charge in [-0.2, -0.15) is 5.10 Å². The molecule has 6 nitrogen and oxygen atoms in total. The average molecular weight is 319 g/mol. The summed E-state index contributed by atoms with van der Waals surface area (Å²) in [5.41, 5.74) is 3.27. The highest BCUT2D eigenvalue weighted by Crippen LogP contribution is 2.59. The van der Waals surface area contributed by atoms with Gasteiger partial charge in [0.2, 0.25) is 5.91 Å². The van der Waals surface area contributed by atoms with Crippen molar-refractivity contribution in [2.45, 2.75) is 46.0 Å². The van der Waals surface area contributed by atoms with Crippen molar-refractivity contribution in [3.05, 3.63) is 17.0 Å². The van der Waals surface area contributed by atoms with Gasteiger partial charge in [-0.1, -0.05) is 0 Å². The number of carbonyl (C=O) groups excluding carboxylic acids is 1. The molecule has 2 heterocycles. The molecule has 1 aromatic rings. The number of rotatable bonds is 4. The predicted molar refractivity (Wildman–Crippen MR) is 85.0 cm³/mol. The van der Waals surface area contributed by atoms with Crippen LogP contribution in [-0.4, -0.2) is 44.8 Å². The second kappa shape index (κ2) is 5.65. The van der Waals surface area contributed by atoms with Crippen LogP contribution in [0.5, 0.6) is 0 Å². The molecule has 2 aliphatic rings. The lowest BCUT2D eigenvalue weighted by molar-refractivity contribution is -0.139. The number of hydrogen-bond donors (Lipinski definition) is 1. The van der Waals surface area contributed by atoms with E-state index in [-0.39, 0.29) is 17.2 Å². The van der Waals surface area contributed by atoms with Gasteiger partial charge in [0.05, 0.1) is 11.6 Å². The molecule has 23 heavy (non-hydrogen) atoms. The number of carbonyl (C=O) groups is 2. The molecule has 1 unspecified atom stereocenters. The highest BCUT2D eigenvalue weighted by Gasteiger charge is 2.59. The van der Waals surface area contributed by atoms with E-state index >= 15 is 0 Å². The molecule has 1 aliphatic carbocycles. The van der Waals surface area contributed by atoms with Gasteiger partial charge < -0.3 is 10.0 Å². The van der Waals surface area contributed by atoms with Crippen LogP contribution >= 0.6 is 0 Å². The molecule has 1 saturated carbocycles. The number of hydrogen-bond acceptors (Lipinski definition) is 3. The first kappa shape index (κ1) is 16.0. The number of aryl methyl sites for hydroxylation is 2. The molecule has 0 radical (unpaired) electrons. The summed E-state index contributed by atoms with van der Waals surface area (Å²) in [7, 11) is 1.92. The molecule has 2 fully saturated rings. The van der Waals surface area contributed by atoms with Crippen LogP contribution in [0, 0.1) is 25.2 Å². The van der Waals surface area contributed by atoms with Gasteiger partial charge in [0, 0.05) is 32.3 Å². The minimum absolute atomic E-state index is 0.0147. The second-order valence-electron chi connectivity index (χ2n) is 7.11. The normalized spacial score (nSPS) is 22.4. The van der Waals surface area contributed by atoms with Gasteiger partial charge in [0.1, 0.15) is 0 Å². The number of amides is 1. The third-order valence-corrected chi connectivity index (χ3v) is 5.85. The van der Waals surface area contributed by atoms with Crippen molar-refractivity contribution in [2.75, 3.05) is 13.1 Å². The Balaban J connectivity index is 1.52. The summed E-state index contributed by atoms with van der Waals surface area (Å²) in [4.78, 5) is 25.4. The molecule has 1 N–H and O–H groups in total. The lowest BCUT2D eigenvalue weighted by Crippen LogP contribution is -2.40. The highest BCUT2D eigenvalue weighted by atomic mass is 16.4. The van der Waals surface area contributed by atoms with Gasteiger partial charge in [-0.05, 0) is 50.5 Å². The minimum Gasteiger partial charge on any atom is -0.481 e. The maximum atomic E-state index is 12.4. The molecular weight excluding hydrogens is 294 g/mol. The highest BCUT2D eigenvalue weighted by molar-refractivity contribution is 5.77. The van der Waals surface area contributed by atoms with Crippen molar-refractivity contribution >= 4 is 11.9 Å². The Hall–Kier alpha value is -1.85. The topological polar surface area (TPSA) is 75.4 Å². The summed E-state index contributed by atoms with van der Waals surface area (Å²) < 4.78 is 1.86. The Labute approximate surface area is 136 Å². The van der Waals surface area contributed by atoms with E-state index in [2.05, 4.69) is 5.10 Å². The lowest BCUT2D eigenvalue weighted by atomic mass is 9.90. The molecule has 1 aromatic heterocycles. The first-order chi connectivity index (χ1) is 10.8. The van der Waals surface area contributed by atoms with Gasteiger partial charge in [-0.15, -0.1) is 0 Å². The van der Waals surface area contributed by atoms with Crippen LogP contribution in [0.15, 0.2) is 0 Å². The van der Waals surface area contributed by atoms with E-state index in [4.69, 9.17) is 5.11 Å². The van der Waals surface area contributed by atoms with Crippen LogP contribution < -0.4 is 0 Å². The maximum Gasteiger partial charge on any atom is 0.307 e. The summed E-state index contributed by atoms with van der Waals surface area (Å²) in [5, 5.41) is 13.5. The van der Waals surface area contributed by atoms with Crippen LogP contribution in [0.2, 0.25) is 0 Å². The van der Waals surface area contributed by atoms with Gasteiger partial charge in [0.25, 0.3) is 0 Å². The molecule has 0 bridgehead atoms. The number of piperidine rings is 1. The minimum atomic E-state index is -0.674.